The zero-order valence-electron chi connectivity index (χ0n) is 13.8. The number of piperidine rings is 1. The van der Waals surface area contributed by atoms with Crippen LogP contribution in [0.15, 0.2) is 18.5 Å². The lowest BCUT2D eigenvalue weighted by molar-refractivity contribution is -0.0111. The number of ether oxygens (including phenoxy) is 1. The van der Waals surface area contributed by atoms with E-state index in [2.05, 4.69) is 20.2 Å². The minimum atomic E-state index is 0.00884. The summed E-state index contributed by atoms with van der Waals surface area (Å²) in [6, 6.07) is 1.99. The van der Waals surface area contributed by atoms with Gasteiger partial charge in [0.25, 0.3) is 0 Å². The highest BCUT2D eigenvalue weighted by Gasteiger charge is 2.35. The van der Waals surface area contributed by atoms with Crippen LogP contribution in [0.4, 0.5) is 10.7 Å². The molecular formula is C16H25N5O2. The van der Waals surface area contributed by atoms with Crippen LogP contribution in [0.25, 0.3) is 0 Å². The second kappa shape index (κ2) is 7.12. The highest BCUT2D eigenvalue weighted by atomic mass is 16.5. The van der Waals surface area contributed by atoms with Crippen molar-refractivity contribution in [3.8, 4) is 0 Å². The molecule has 2 aliphatic rings. The van der Waals surface area contributed by atoms with Crippen LogP contribution in [0.3, 0.4) is 0 Å². The number of carbonyl (C=O) groups is 1. The van der Waals surface area contributed by atoms with Gasteiger partial charge in [0.1, 0.15) is 0 Å². The van der Waals surface area contributed by atoms with E-state index in [1.807, 2.05) is 24.8 Å². The molecule has 0 saturated carbocycles. The van der Waals surface area contributed by atoms with E-state index in [0.29, 0.717) is 19.1 Å². The first-order valence-corrected chi connectivity index (χ1v) is 8.32. The SMILES string of the molecule is CC(C)NC(=O)N1CC[C@H]2CN(c3ncccn3)CCO[C@H]2C1. The van der Waals surface area contributed by atoms with Gasteiger partial charge >= 0.3 is 6.03 Å². The Morgan fingerprint density at radius 2 is 2.09 bits per heavy atom. The summed E-state index contributed by atoms with van der Waals surface area (Å²) in [7, 11) is 0. The first-order chi connectivity index (χ1) is 11.1. The number of hydrogen-bond acceptors (Lipinski definition) is 5. The summed E-state index contributed by atoms with van der Waals surface area (Å²) in [6.45, 7) is 7.69. The minimum absolute atomic E-state index is 0.00884. The second-order valence-electron chi connectivity index (χ2n) is 6.50. The zero-order valence-corrected chi connectivity index (χ0v) is 13.8. The quantitative estimate of drug-likeness (QED) is 0.884. The monoisotopic (exact) mass is 319 g/mol. The smallest absolute Gasteiger partial charge is 0.317 e. The Morgan fingerprint density at radius 3 is 2.83 bits per heavy atom. The Bertz CT molecular complexity index is 524. The molecule has 1 aromatic heterocycles. The maximum atomic E-state index is 12.2. The number of nitrogens with zero attached hydrogens (tertiary/aromatic N) is 4. The Balaban J connectivity index is 1.62. The molecule has 1 aromatic rings. The number of nitrogens with one attached hydrogen (secondary N) is 1. The van der Waals surface area contributed by atoms with E-state index in [-0.39, 0.29) is 18.2 Å². The molecular weight excluding hydrogens is 294 g/mol. The van der Waals surface area contributed by atoms with Crippen LogP contribution in [0.2, 0.25) is 0 Å². The standard InChI is InChI=1S/C16H25N5O2/c1-12(2)19-16(22)21-7-4-13-10-20(8-9-23-14(13)11-21)15-17-5-3-6-18-15/h3,5-6,12-14H,4,7-11H2,1-2H3,(H,19,22)/t13-,14-/m0/s1. The minimum Gasteiger partial charge on any atom is -0.374 e. The van der Waals surface area contributed by atoms with Gasteiger partial charge < -0.3 is 19.9 Å². The Kier molecular flexibility index (Phi) is 4.95. The fourth-order valence-electron chi connectivity index (χ4n) is 3.21. The Labute approximate surface area is 137 Å². The van der Waals surface area contributed by atoms with Crippen molar-refractivity contribution in [3.05, 3.63) is 18.5 Å². The molecule has 7 nitrogen and oxygen atoms in total. The number of carbonyl (C=O) groups excluding carboxylic acids is 1. The van der Waals surface area contributed by atoms with E-state index in [0.717, 1.165) is 32.0 Å². The van der Waals surface area contributed by atoms with Gasteiger partial charge in [-0.05, 0) is 26.3 Å². The number of anilines is 1. The van der Waals surface area contributed by atoms with E-state index in [9.17, 15) is 4.79 Å². The summed E-state index contributed by atoms with van der Waals surface area (Å²) < 4.78 is 6.03. The Hall–Kier alpha value is -1.89. The van der Waals surface area contributed by atoms with Gasteiger partial charge in [0.2, 0.25) is 5.95 Å². The molecule has 126 valence electrons. The molecule has 2 amide bonds. The van der Waals surface area contributed by atoms with Gasteiger partial charge in [-0.3, -0.25) is 0 Å². The van der Waals surface area contributed by atoms with E-state index < -0.39 is 0 Å². The van der Waals surface area contributed by atoms with Crippen molar-refractivity contribution in [1.82, 2.24) is 20.2 Å². The van der Waals surface area contributed by atoms with E-state index in [4.69, 9.17) is 4.74 Å². The summed E-state index contributed by atoms with van der Waals surface area (Å²) in [5.74, 6) is 1.17. The third-order valence-electron chi connectivity index (χ3n) is 4.38. The number of rotatable bonds is 2. The number of hydrogen-bond donors (Lipinski definition) is 1. The fraction of sp³-hybridized carbons (Fsp3) is 0.688. The molecule has 0 spiro atoms. The molecule has 0 aliphatic carbocycles. The van der Waals surface area contributed by atoms with Crippen LogP contribution in [0.1, 0.15) is 20.3 Å². The van der Waals surface area contributed by atoms with Crippen molar-refractivity contribution < 1.29 is 9.53 Å². The number of urea groups is 1. The zero-order chi connectivity index (χ0) is 16.2. The highest BCUT2D eigenvalue weighted by Crippen LogP contribution is 2.25. The molecule has 2 fully saturated rings. The fourth-order valence-corrected chi connectivity index (χ4v) is 3.21. The molecule has 0 aromatic carbocycles. The molecule has 0 unspecified atom stereocenters. The predicted octanol–water partition coefficient (Wildman–Crippen LogP) is 1.12. The van der Waals surface area contributed by atoms with Crippen molar-refractivity contribution in [2.24, 2.45) is 5.92 Å². The number of aromatic nitrogens is 2. The topological polar surface area (TPSA) is 70.6 Å². The molecule has 3 rings (SSSR count). The first kappa shape index (κ1) is 16.0. The lowest BCUT2D eigenvalue weighted by atomic mass is 9.93. The maximum Gasteiger partial charge on any atom is 0.317 e. The summed E-state index contributed by atoms with van der Waals surface area (Å²) in [5, 5.41) is 2.96. The predicted molar refractivity (Wildman–Crippen MR) is 87.3 cm³/mol. The van der Waals surface area contributed by atoms with Crippen LogP contribution in [-0.4, -0.2) is 65.8 Å². The van der Waals surface area contributed by atoms with Crippen molar-refractivity contribution >= 4 is 12.0 Å². The molecule has 2 saturated heterocycles. The molecule has 2 atom stereocenters. The second-order valence-corrected chi connectivity index (χ2v) is 6.50. The van der Waals surface area contributed by atoms with Gasteiger partial charge in [-0.2, -0.15) is 0 Å². The van der Waals surface area contributed by atoms with Gasteiger partial charge in [0.05, 0.1) is 12.7 Å². The van der Waals surface area contributed by atoms with Gasteiger partial charge in [0.15, 0.2) is 0 Å². The molecule has 3 heterocycles. The van der Waals surface area contributed by atoms with E-state index in [1.54, 1.807) is 12.4 Å². The van der Waals surface area contributed by atoms with Gasteiger partial charge in [-0.15, -0.1) is 0 Å². The maximum absolute atomic E-state index is 12.2. The summed E-state index contributed by atoms with van der Waals surface area (Å²) in [5.41, 5.74) is 0. The summed E-state index contributed by atoms with van der Waals surface area (Å²) in [6.07, 6.45) is 4.57. The van der Waals surface area contributed by atoms with Crippen molar-refractivity contribution in [2.45, 2.75) is 32.4 Å². The largest absolute Gasteiger partial charge is 0.374 e. The van der Waals surface area contributed by atoms with Crippen molar-refractivity contribution in [1.29, 1.82) is 0 Å². The van der Waals surface area contributed by atoms with Gasteiger partial charge in [-0.1, -0.05) is 0 Å². The van der Waals surface area contributed by atoms with Crippen LogP contribution in [0, 0.1) is 5.92 Å². The lowest BCUT2D eigenvalue weighted by Crippen LogP contribution is -2.53. The molecule has 0 radical (unpaired) electrons. The molecule has 0 bridgehead atoms. The Morgan fingerprint density at radius 1 is 1.30 bits per heavy atom. The van der Waals surface area contributed by atoms with E-state index >= 15 is 0 Å². The lowest BCUT2D eigenvalue weighted by Gasteiger charge is -2.38. The van der Waals surface area contributed by atoms with Gasteiger partial charge in [0, 0.05) is 50.5 Å². The first-order valence-electron chi connectivity index (χ1n) is 8.32. The molecule has 7 heteroatoms. The molecule has 2 aliphatic heterocycles. The summed E-state index contributed by atoms with van der Waals surface area (Å²) >= 11 is 0. The van der Waals surface area contributed by atoms with E-state index in [1.165, 1.54) is 0 Å². The molecule has 23 heavy (non-hydrogen) atoms. The van der Waals surface area contributed by atoms with Crippen molar-refractivity contribution in [3.63, 3.8) is 0 Å². The number of fused-ring (bicyclic) bond motifs is 1. The van der Waals surface area contributed by atoms with Crippen LogP contribution >= 0.6 is 0 Å². The molecule has 1 N–H and O–H groups in total. The normalized spacial score (nSPS) is 25.0. The average molecular weight is 319 g/mol. The van der Waals surface area contributed by atoms with Crippen LogP contribution < -0.4 is 10.2 Å². The summed E-state index contributed by atoms with van der Waals surface area (Å²) in [4.78, 5) is 24.9. The van der Waals surface area contributed by atoms with Crippen LogP contribution in [0.5, 0.6) is 0 Å². The highest BCUT2D eigenvalue weighted by molar-refractivity contribution is 5.74. The third-order valence-corrected chi connectivity index (χ3v) is 4.38. The van der Waals surface area contributed by atoms with Crippen molar-refractivity contribution in [2.75, 3.05) is 37.7 Å². The number of amides is 2. The average Bonchev–Trinajstić information content (AvgIpc) is 2.76. The van der Waals surface area contributed by atoms with Gasteiger partial charge in [-0.25, -0.2) is 14.8 Å². The van der Waals surface area contributed by atoms with Crippen LogP contribution in [-0.2, 0) is 4.74 Å². The third kappa shape index (κ3) is 3.90. The number of likely N-dealkylation sites (tertiary alicyclic amines) is 1.